The fourth-order valence-electron chi connectivity index (χ4n) is 11.1. The van der Waals surface area contributed by atoms with Gasteiger partial charge in [-0.05, 0) is 148 Å². The Morgan fingerprint density at radius 2 is 0.879 bits per heavy atom. The van der Waals surface area contributed by atoms with Crippen LogP contribution >= 0.6 is 0 Å². The first-order valence-electron chi connectivity index (χ1n) is 24.7. The SMILES string of the molecule is Cc1ccc(C)c(CCC2CCC3C(c4ccc(OCc5ccccc5)cc4)OCCN23)c1.Cc1ccc(C)c(CCC2CCC3C(c4ccc(OCc5ccccc5)cc4)OCCN23)c1. The average Bonchev–Trinajstić information content (AvgIpc) is 3.99. The molecule has 66 heavy (non-hydrogen) atoms. The summed E-state index contributed by atoms with van der Waals surface area (Å²) in [5.74, 6) is 1.82. The highest BCUT2D eigenvalue weighted by atomic mass is 16.5. The van der Waals surface area contributed by atoms with Gasteiger partial charge in [0, 0.05) is 37.3 Å². The number of hydrogen-bond acceptors (Lipinski definition) is 6. The summed E-state index contributed by atoms with van der Waals surface area (Å²) in [5, 5.41) is 0. The summed E-state index contributed by atoms with van der Waals surface area (Å²) in [6, 6.07) is 53.7. The number of nitrogens with zero attached hydrogens (tertiary/aromatic N) is 2. The van der Waals surface area contributed by atoms with Crippen molar-refractivity contribution in [3.8, 4) is 11.5 Å². The summed E-state index contributed by atoms with van der Waals surface area (Å²) in [6.45, 7) is 13.8. The van der Waals surface area contributed by atoms with Crippen LogP contribution < -0.4 is 9.47 Å². The number of benzene rings is 6. The second-order valence-electron chi connectivity index (χ2n) is 19.3. The van der Waals surface area contributed by atoms with Crippen molar-refractivity contribution < 1.29 is 18.9 Å². The van der Waals surface area contributed by atoms with Gasteiger partial charge in [-0.2, -0.15) is 0 Å². The van der Waals surface area contributed by atoms with Crippen molar-refractivity contribution in [1.29, 1.82) is 0 Å². The lowest BCUT2D eigenvalue weighted by Gasteiger charge is -2.40. The molecule has 6 unspecified atom stereocenters. The Bertz CT molecular complexity index is 2270. The van der Waals surface area contributed by atoms with Crippen LogP contribution in [-0.2, 0) is 35.5 Å². The first-order valence-corrected chi connectivity index (χ1v) is 24.7. The molecule has 4 aliphatic rings. The molecule has 6 nitrogen and oxygen atoms in total. The number of rotatable bonds is 14. The van der Waals surface area contributed by atoms with Crippen molar-refractivity contribution in [3.63, 3.8) is 0 Å². The molecular weight excluding hydrogens is 813 g/mol. The fraction of sp³-hybridized carbons (Fsp3) is 0.400. The Labute approximate surface area is 394 Å². The second-order valence-corrected chi connectivity index (χ2v) is 19.3. The molecule has 0 amide bonds. The minimum absolute atomic E-state index is 0.160. The third kappa shape index (κ3) is 11.5. The van der Waals surface area contributed by atoms with Crippen LogP contribution in [0.1, 0.15) is 106 Å². The Balaban J connectivity index is 0.000000166. The molecular formula is C60H70N2O4. The Kier molecular flexibility index (Phi) is 15.3. The summed E-state index contributed by atoms with van der Waals surface area (Å²) < 4.78 is 24.6. The van der Waals surface area contributed by atoms with Gasteiger partial charge in [0.05, 0.1) is 25.4 Å². The van der Waals surface area contributed by atoms with Crippen molar-refractivity contribution >= 4 is 0 Å². The Morgan fingerprint density at radius 1 is 0.470 bits per heavy atom. The van der Waals surface area contributed by atoms with Crippen molar-refractivity contribution in [2.75, 3.05) is 26.3 Å². The van der Waals surface area contributed by atoms with E-state index < -0.39 is 0 Å². The molecule has 6 atom stereocenters. The van der Waals surface area contributed by atoms with Crippen molar-refractivity contribution in [3.05, 3.63) is 201 Å². The topological polar surface area (TPSA) is 43.4 Å². The van der Waals surface area contributed by atoms with Crippen molar-refractivity contribution in [1.82, 2.24) is 9.80 Å². The van der Waals surface area contributed by atoms with Gasteiger partial charge >= 0.3 is 0 Å². The van der Waals surface area contributed by atoms with E-state index >= 15 is 0 Å². The van der Waals surface area contributed by atoms with E-state index in [2.05, 4.69) is 147 Å². The van der Waals surface area contributed by atoms with Crippen LogP contribution in [-0.4, -0.2) is 60.3 Å². The van der Waals surface area contributed by atoms with Gasteiger partial charge in [-0.3, -0.25) is 9.80 Å². The molecule has 4 saturated heterocycles. The first-order chi connectivity index (χ1) is 32.3. The summed E-state index contributed by atoms with van der Waals surface area (Å²) >= 11 is 0. The predicted octanol–water partition coefficient (Wildman–Crippen LogP) is 12.8. The number of hydrogen-bond donors (Lipinski definition) is 0. The Hall–Kier alpha value is -5.24. The monoisotopic (exact) mass is 883 g/mol. The third-order valence-electron chi connectivity index (χ3n) is 14.8. The molecule has 10 rings (SSSR count). The summed E-state index contributed by atoms with van der Waals surface area (Å²) in [7, 11) is 0. The maximum atomic E-state index is 6.31. The molecule has 4 heterocycles. The molecule has 0 radical (unpaired) electrons. The van der Waals surface area contributed by atoms with E-state index in [0.29, 0.717) is 37.4 Å². The number of fused-ring (bicyclic) bond motifs is 2. The molecule has 4 fully saturated rings. The van der Waals surface area contributed by atoms with Gasteiger partial charge in [-0.25, -0.2) is 0 Å². The fourth-order valence-corrected chi connectivity index (χ4v) is 11.1. The smallest absolute Gasteiger partial charge is 0.119 e. The van der Waals surface area contributed by atoms with Crippen LogP contribution in [0.4, 0.5) is 0 Å². The van der Waals surface area contributed by atoms with E-state index in [9.17, 15) is 0 Å². The Morgan fingerprint density at radius 3 is 1.29 bits per heavy atom. The van der Waals surface area contributed by atoms with Gasteiger partial charge in [0.2, 0.25) is 0 Å². The van der Waals surface area contributed by atoms with E-state index in [1.54, 1.807) is 0 Å². The van der Waals surface area contributed by atoms with Crippen LogP contribution in [0.3, 0.4) is 0 Å². The van der Waals surface area contributed by atoms with Gasteiger partial charge in [-0.1, -0.05) is 132 Å². The summed E-state index contributed by atoms with van der Waals surface area (Å²) in [4.78, 5) is 5.47. The summed E-state index contributed by atoms with van der Waals surface area (Å²) in [5.41, 5.74) is 13.5. The van der Waals surface area contributed by atoms with Gasteiger partial charge in [-0.15, -0.1) is 0 Å². The molecule has 0 spiro atoms. The standard InChI is InChI=1S/2C30H35NO2/c2*1-22-8-9-23(2)26(20-22)10-13-27-14-17-29-30(32-19-18-31(27)29)25-11-15-28(16-12-25)33-21-24-6-4-3-5-7-24/h2*3-9,11-12,15-16,20,27,29-30H,10,13-14,17-19,21H2,1-2H3. The van der Waals surface area contributed by atoms with Gasteiger partial charge in [0.25, 0.3) is 0 Å². The van der Waals surface area contributed by atoms with Gasteiger partial charge in [0.15, 0.2) is 0 Å². The molecule has 6 aromatic carbocycles. The maximum Gasteiger partial charge on any atom is 0.119 e. The minimum Gasteiger partial charge on any atom is -0.489 e. The van der Waals surface area contributed by atoms with Crippen LogP contribution in [0.2, 0.25) is 0 Å². The highest BCUT2D eigenvalue weighted by molar-refractivity contribution is 5.34. The predicted molar refractivity (Wildman–Crippen MR) is 267 cm³/mol. The minimum atomic E-state index is 0.160. The molecule has 0 saturated carbocycles. The second kappa shape index (κ2) is 22.0. The first kappa shape index (κ1) is 45.9. The van der Waals surface area contributed by atoms with Gasteiger partial charge < -0.3 is 18.9 Å². The molecule has 0 bridgehead atoms. The number of ether oxygens (including phenoxy) is 4. The van der Waals surface area contributed by atoms with Crippen LogP contribution in [0.15, 0.2) is 146 Å². The zero-order chi connectivity index (χ0) is 45.2. The highest BCUT2D eigenvalue weighted by Gasteiger charge is 2.42. The lowest BCUT2D eigenvalue weighted by Crippen LogP contribution is -2.46. The van der Waals surface area contributed by atoms with Gasteiger partial charge in [0.1, 0.15) is 24.7 Å². The highest BCUT2D eigenvalue weighted by Crippen LogP contribution is 2.41. The quantitative estimate of drug-likeness (QED) is 0.109. The molecule has 0 N–H and O–H groups in total. The van der Waals surface area contributed by atoms with E-state index in [0.717, 1.165) is 37.8 Å². The van der Waals surface area contributed by atoms with Crippen molar-refractivity contribution in [2.24, 2.45) is 0 Å². The van der Waals surface area contributed by atoms with Crippen LogP contribution in [0, 0.1) is 27.7 Å². The maximum absolute atomic E-state index is 6.31. The molecule has 0 aromatic heterocycles. The van der Waals surface area contributed by atoms with Crippen LogP contribution in [0.25, 0.3) is 0 Å². The summed E-state index contributed by atoms with van der Waals surface area (Å²) in [6.07, 6.45) is 10.1. The normalized spacial score (nSPS) is 22.8. The van der Waals surface area contributed by atoms with E-state index in [1.807, 2.05) is 36.4 Å². The number of aryl methyl sites for hydroxylation is 6. The lowest BCUT2D eigenvalue weighted by atomic mass is 9.98. The zero-order valence-corrected chi connectivity index (χ0v) is 39.7. The zero-order valence-electron chi connectivity index (χ0n) is 39.7. The number of morpholine rings is 2. The largest absolute Gasteiger partial charge is 0.489 e. The third-order valence-corrected chi connectivity index (χ3v) is 14.8. The average molecular weight is 883 g/mol. The van der Waals surface area contributed by atoms with E-state index in [-0.39, 0.29) is 12.2 Å². The van der Waals surface area contributed by atoms with E-state index in [1.165, 1.54) is 107 Å². The van der Waals surface area contributed by atoms with Crippen LogP contribution in [0.5, 0.6) is 11.5 Å². The van der Waals surface area contributed by atoms with E-state index in [4.69, 9.17) is 18.9 Å². The van der Waals surface area contributed by atoms with Crippen molar-refractivity contribution in [2.45, 2.75) is 129 Å². The molecule has 6 heteroatoms. The molecule has 344 valence electrons. The molecule has 0 aliphatic carbocycles. The molecule has 6 aromatic rings. The molecule has 4 aliphatic heterocycles. The lowest BCUT2D eigenvalue weighted by molar-refractivity contribution is -0.0686.